The number of hydrogen-bond donors (Lipinski definition) is 1. The summed E-state index contributed by atoms with van der Waals surface area (Å²) in [4.78, 5) is 23.4. The first-order valence-electron chi connectivity index (χ1n) is 8.38. The van der Waals surface area contributed by atoms with Gasteiger partial charge in [-0.1, -0.05) is 6.07 Å². The van der Waals surface area contributed by atoms with E-state index in [0.717, 1.165) is 11.1 Å². The van der Waals surface area contributed by atoms with Crippen LogP contribution < -0.4 is 5.69 Å². The van der Waals surface area contributed by atoms with Crippen LogP contribution in [0.1, 0.15) is 16.7 Å². The lowest BCUT2D eigenvalue weighted by Gasteiger charge is -2.08. The van der Waals surface area contributed by atoms with E-state index < -0.39 is 11.6 Å². The van der Waals surface area contributed by atoms with Crippen molar-refractivity contribution in [2.24, 2.45) is 0 Å². The van der Waals surface area contributed by atoms with Crippen LogP contribution in [-0.2, 0) is 6.54 Å². The minimum atomic E-state index is -0.636. The van der Waals surface area contributed by atoms with Crippen LogP contribution in [0.3, 0.4) is 0 Å². The highest BCUT2D eigenvalue weighted by atomic mass is 19.1. The molecule has 0 radical (unpaired) electrons. The first kappa shape index (κ1) is 17.1. The maximum atomic E-state index is 14.5. The van der Waals surface area contributed by atoms with Crippen LogP contribution in [0.2, 0.25) is 0 Å². The Bertz CT molecular complexity index is 1230. The molecule has 0 aliphatic heterocycles. The third-order valence-corrected chi connectivity index (χ3v) is 4.53. The second-order valence-corrected chi connectivity index (χ2v) is 6.51. The molecule has 0 fully saturated rings. The van der Waals surface area contributed by atoms with Crippen molar-refractivity contribution in [1.82, 2.24) is 19.5 Å². The number of aromatic amines is 1. The summed E-state index contributed by atoms with van der Waals surface area (Å²) in [6, 6.07) is 6.22. The lowest BCUT2D eigenvalue weighted by molar-refractivity contribution is 0.570. The predicted octanol–water partition coefficient (Wildman–Crippen LogP) is 3.73. The number of pyridine rings is 2. The molecule has 0 bridgehead atoms. The molecular formula is C20H16F2N4O. The van der Waals surface area contributed by atoms with Gasteiger partial charge in [0, 0.05) is 35.3 Å². The first-order chi connectivity index (χ1) is 12.9. The summed E-state index contributed by atoms with van der Waals surface area (Å²) < 4.78 is 29.6. The zero-order valence-electron chi connectivity index (χ0n) is 14.8. The molecule has 4 aromatic rings. The van der Waals surface area contributed by atoms with E-state index in [1.54, 1.807) is 18.5 Å². The molecule has 0 spiro atoms. The number of nitrogens with zero attached hydrogens (tertiary/aromatic N) is 3. The molecule has 3 aromatic heterocycles. The molecule has 0 atom stereocenters. The Labute approximate surface area is 153 Å². The van der Waals surface area contributed by atoms with Crippen LogP contribution in [0.4, 0.5) is 8.78 Å². The van der Waals surface area contributed by atoms with Gasteiger partial charge in [0.05, 0.1) is 12.1 Å². The smallest absolute Gasteiger partial charge is 0.290 e. The highest BCUT2D eigenvalue weighted by molar-refractivity contribution is 5.78. The molecule has 4 rings (SSSR count). The van der Waals surface area contributed by atoms with Gasteiger partial charge < -0.3 is 0 Å². The normalized spacial score (nSPS) is 11.3. The first-order valence-corrected chi connectivity index (χ1v) is 8.38. The van der Waals surface area contributed by atoms with E-state index in [9.17, 15) is 13.6 Å². The van der Waals surface area contributed by atoms with E-state index in [4.69, 9.17) is 0 Å². The minimum absolute atomic E-state index is 0.0510. The molecule has 7 heteroatoms. The van der Waals surface area contributed by atoms with Crippen molar-refractivity contribution in [3.05, 3.63) is 81.7 Å². The summed E-state index contributed by atoms with van der Waals surface area (Å²) in [6.45, 7) is 3.62. The number of aryl methyl sites for hydroxylation is 1. The molecule has 1 aromatic carbocycles. The Morgan fingerprint density at radius 3 is 2.70 bits per heavy atom. The maximum Gasteiger partial charge on any atom is 0.327 e. The van der Waals surface area contributed by atoms with Crippen LogP contribution in [-0.4, -0.2) is 19.5 Å². The van der Waals surface area contributed by atoms with Crippen molar-refractivity contribution < 1.29 is 8.78 Å². The van der Waals surface area contributed by atoms with Crippen molar-refractivity contribution in [2.45, 2.75) is 20.4 Å². The monoisotopic (exact) mass is 366 g/mol. The Hall–Kier alpha value is -3.35. The van der Waals surface area contributed by atoms with Gasteiger partial charge in [-0.2, -0.15) is 0 Å². The van der Waals surface area contributed by atoms with E-state index in [1.807, 2.05) is 13.0 Å². The van der Waals surface area contributed by atoms with Crippen molar-refractivity contribution in [2.75, 3.05) is 0 Å². The molecule has 0 saturated carbocycles. The maximum absolute atomic E-state index is 14.5. The molecule has 0 unspecified atom stereocenters. The van der Waals surface area contributed by atoms with Crippen LogP contribution in [0.15, 0.2) is 47.7 Å². The van der Waals surface area contributed by atoms with Crippen molar-refractivity contribution in [3.8, 4) is 11.1 Å². The fourth-order valence-electron chi connectivity index (χ4n) is 3.11. The standard InChI is InChI=1S/C20H16F2N4O/c1-11-5-13(8-23-7-11)10-26-17-6-14(9-24-19(17)25-20(26)27)15-3-4-16(21)12(2)18(15)22/h3-9H,10H2,1-2H3,(H,24,25,27). The Morgan fingerprint density at radius 2 is 1.93 bits per heavy atom. The highest BCUT2D eigenvalue weighted by Crippen LogP contribution is 2.27. The molecule has 0 saturated heterocycles. The van der Waals surface area contributed by atoms with Gasteiger partial charge in [-0.25, -0.2) is 18.6 Å². The Balaban J connectivity index is 1.85. The second-order valence-electron chi connectivity index (χ2n) is 6.51. The molecule has 0 aliphatic rings. The van der Waals surface area contributed by atoms with Crippen molar-refractivity contribution in [1.29, 1.82) is 0 Å². The van der Waals surface area contributed by atoms with Gasteiger partial charge in [0.2, 0.25) is 0 Å². The number of aromatic nitrogens is 4. The Morgan fingerprint density at radius 1 is 1.11 bits per heavy atom. The largest absolute Gasteiger partial charge is 0.327 e. The van der Waals surface area contributed by atoms with Crippen LogP contribution >= 0.6 is 0 Å². The second kappa shape index (κ2) is 6.42. The summed E-state index contributed by atoms with van der Waals surface area (Å²) in [5, 5.41) is 0. The lowest BCUT2D eigenvalue weighted by Crippen LogP contribution is -2.17. The summed E-state index contributed by atoms with van der Waals surface area (Å²) in [6.07, 6.45) is 4.89. The molecular weight excluding hydrogens is 350 g/mol. The van der Waals surface area contributed by atoms with Crippen LogP contribution in [0.25, 0.3) is 22.3 Å². The zero-order chi connectivity index (χ0) is 19.1. The highest BCUT2D eigenvalue weighted by Gasteiger charge is 2.15. The molecule has 5 nitrogen and oxygen atoms in total. The minimum Gasteiger partial charge on any atom is -0.290 e. The molecule has 3 heterocycles. The van der Waals surface area contributed by atoms with Crippen LogP contribution in [0, 0.1) is 25.5 Å². The van der Waals surface area contributed by atoms with Gasteiger partial charge in [0.25, 0.3) is 0 Å². The molecule has 0 aliphatic carbocycles. The van der Waals surface area contributed by atoms with E-state index in [1.165, 1.54) is 29.8 Å². The number of nitrogens with one attached hydrogen (secondary N) is 1. The van der Waals surface area contributed by atoms with E-state index in [-0.39, 0.29) is 16.8 Å². The number of H-pyrrole nitrogens is 1. The van der Waals surface area contributed by atoms with Gasteiger partial charge in [-0.15, -0.1) is 0 Å². The van der Waals surface area contributed by atoms with E-state index in [2.05, 4.69) is 15.0 Å². The summed E-state index contributed by atoms with van der Waals surface area (Å²) in [5.74, 6) is -1.24. The predicted molar refractivity (Wildman–Crippen MR) is 98.5 cm³/mol. The van der Waals surface area contributed by atoms with E-state index in [0.29, 0.717) is 23.3 Å². The molecule has 27 heavy (non-hydrogen) atoms. The third kappa shape index (κ3) is 3.01. The number of fused-ring (bicyclic) bond motifs is 1. The number of benzene rings is 1. The van der Waals surface area contributed by atoms with Crippen molar-refractivity contribution in [3.63, 3.8) is 0 Å². The number of hydrogen-bond acceptors (Lipinski definition) is 3. The van der Waals surface area contributed by atoms with Crippen LogP contribution in [0.5, 0.6) is 0 Å². The summed E-state index contributed by atoms with van der Waals surface area (Å²) in [5.41, 5.74) is 3.15. The van der Waals surface area contributed by atoms with Crippen molar-refractivity contribution >= 4 is 11.2 Å². The fourth-order valence-corrected chi connectivity index (χ4v) is 3.11. The molecule has 1 N–H and O–H groups in total. The number of imidazole rings is 1. The average Bonchev–Trinajstić information content (AvgIpc) is 2.95. The molecule has 136 valence electrons. The fraction of sp³-hybridized carbons (Fsp3) is 0.150. The topological polar surface area (TPSA) is 63.6 Å². The van der Waals surface area contributed by atoms with Gasteiger partial charge in [0.15, 0.2) is 5.65 Å². The van der Waals surface area contributed by atoms with E-state index >= 15 is 0 Å². The quantitative estimate of drug-likeness (QED) is 0.601. The Kier molecular flexibility index (Phi) is 4.07. The van der Waals surface area contributed by atoms with Gasteiger partial charge in [-0.05, 0) is 43.2 Å². The summed E-state index contributed by atoms with van der Waals surface area (Å²) in [7, 11) is 0. The lowest BCUT2D eigenvalue weighted by atomic mass is 10.0. The van der Waals surface area contributed by atoms with Gasteiger partial charge in [-0.3, -0.25) is 14.5 Å². The zero-order valence-corrected chi connectivity index (χ0v) is 14.8. The average molecular weight is 366 g/mol. The SMILES string of the molecule is Cc1cncc(Cn2c(=O)[nH]c3ncc(-c4ccc(F)c(C)c4F)cc32)c1. The molecule has 0 amide bonds. The summed E-state index contributed by atoms with van der Waals surface area (Å²) >= 11 is 0. The van der Waals surface area contributed by atoms with Gasteiger partial charge >= 0.3 is 5.69 Å². The number of halogens is 2. The third-order valence-electron chi connectivity index (χ3n) is 4.53. The number of rotatable bonds is 3. The van der Waals surface area contributed by atoms with Gasteiger partial charge in [0.1, 0.15) is 11.6 Å².